The molecule has 2 aromatic rings. The van der Waals surface area contributed by atoms with E-state index in [-0.39, 0.29) is 30.2 Å². The van der Waals surface area contributed by atoms with Gasteiger partial charge < -0.3 is 5.32 Å². The average Bonchev–Trinajstić information content (AvgIpc) is 2.91. The zero-order valence-corrected chi connectivity index (χ0v) is 18.1. The molecule has 0 spiro atoms. The molecular formula is C22H22BrFN2O3. The second kappa shape index (κ2) is 8.53. The quantitative estimate of drug-likeness (QED) is 0.540. The van der Waals surface area contributed by atoms with Gasteiger partial charge in [0.1, 0.15) is 17.4 Å². The predicted octanol–water partition coefficient (Wildman–Crippen LogP) is 3.97. The van der Waals surface area contributed by atoms with Crippen molar-refractivity contribution in [3.05, 3.63) is 62.6 Å². The van der Waals surface area contributed by atoms with Crippen LogP contribution in [0.25, 0.3) is 0 Å². The van der Waals surface area contributed by atoms with E-state index in [0.29, 0.717) is 10.9 Å². The Balaban J connectivity index is 1.67. The molecule has 1 N–H and O–H groups in total. The number of nitrogens with one attached hydrogen (secondary N) is 1. The molecule has 1 fully saturated rings. The molecule has 3 rings (SSSR count). The number of pyridine rings is 1. The van der Waals surface area contributed by atoms with Crippen LogP contribution in [0.1, 0.15) is 51.5 Å². The first-order valence-corrected chi connectivity index (χ1v) is 10.2. The molecule has 1 aliphatic carbocycles. The number of rotatable bonds is 5. The normalized spacial score (nSPS) is 18.9. The Kier molecular flexibility index (Phi) is 6.27. The van der Waals surface area contributed by atoms with Crippen molar-refractivity contribution in [1.29, 1.82) is 0 Å². The Morgan fingerprint density at radius 2 is 1.86 bits per heavy atom. The van der Waals surface area contributed by atoms with Crippen LogP contribution in [0.5, 0.6) is 0 Å². The number of amides is 1. The highest BCUT2D eigenvalue weighted by Gasteiger charge is 2.42. The van der Waals surface area contributed by atoms with Gasteiger partial charge in [-0.3, -0.25) is 14.4 Å². The van der Waals surface area contributed by atoms with Crippen molar-refractivity contribution in [2.45, 2.75) is 39.5 Å². The highest BCUT2D eigenvalue weighted by Crippen LogP contribution is 2.37. The number of carbonyl (C=O) groups is 3. The number of halogens is 2. The Hall–Kier alpha value is -2.41. The minimum Gasteiger partial charge on any atom is -0.351 e. The summed E-state index contributed by atoms with van der Waals surface area (Å²) in [7, 11) is 0. The molecule has 1 saturated carbocycles. The van der Waals surface area contributed by atoms with Gasteiger partial charge in [-0.15, -0.1) is 0 Å². The van der Waals surface area contributed by atoms with E-state index in [1.54, 1.807) is 0 Å². The fourth-order valence-corrected chi connectivity index (χ4v) is 4.47. The molecule has 5 nitrogen and oxygen atoms in total. The number of ketones is 2. The molecule has 2 atom stereocenters. The van der Waals surface area contributed by atoms with Gasteiger partial charge >= 0.3 is 0 Å². The minimum atomic E-state index is -0.749. The number of aromatic nitrogens is 1. The van der Waals surface area contributed by atoms with E-state index in [0.717, 1.165) is 28.3 Å². The third kappa shape index (κ3) is 4.45. The van der Waals surface area contributed by atoms with Crippen LogP contribution in [0.2, 0.25) is 0 Å². The number of Topliss-reactive ketones (excluding diaryl/α,β-unsaturated/α-hetero) is 2. The number of aryl methyl sites for hydroxylation is 3. The van der Waals surface area contributed by atoms with Crippen LogP contribution in [0, 0.1) is 32.6 Å². The summed E-state index contributed by atoms with van der Waals surface area (Å²) in [6, 6.07) is 6.53. The van der Waals surface area contributed by atoms with E-state index >= 15 is 0 Å². The lowest BCUT2D eigenvalue weighted by Crippen LogP contribution is -2.28. The number of hydrogen-bond donors (Lipinski definition) is 1. The van der Waals surface area contributed by atoms with Crippen molar-refractivity contribution in [3.63, 3.8) is 0 Å². The average molecular weight is 461 g/mol. The van der Waals surface area contributed by atoms with Gasteiger partial charge in [0.25, 0.3) is 5.91 Å². The molecule has 0 bridgehead atoms. The molecule has 29 heavy (non-hydrogen) atoms. The summed E-state index contributed by atoms with van der Waals surface area (Å²) in [5.41, 5.74) is 3.75. The molecule has 1 aromatic heterocycles. The van der Waals surface area contributed by atoms with Crippen LogP contribution in [-0.4, -0.2) is 29.0 Å². The van der Waals surface area contributed by atoms with Gasteiger partial charge in [0.2, 0.25) is 5.95 Å². The molecule has 0 aliphatic heterocycles. The Morgan fingerprint density at radius 1 is 1.21 bits per heavy atom. The second-order valence-corrected chi connectivity index (χ2v) is 8.38. The van der Waals surface area contributed by atoms with Crippen LogP contribution < -0.4 is 5.32 Å². The SMILES string of the molecule is Cc1cc(C)c(C2C(=O)CC(CCNC(=O)c3nc(F)ccc3Br)C2=O)c(C)c1. The molecular weight excluding hydrogens is 439 g/mol. The lowest BCUT2D eigenvalue weighted by atomic mass is 9.86. The first-order chi connectivity index (χ1) is 13.7. The third-order valence-electron chi connectivity index (χ3n) is 5.29. The van der Waals surface area contributed by atoms with Crippen molar-refractivity contribution >= 4 is 33.4 Å². The number of nitrogens with zero attached hydrogens (tertiary/aromatic N) is 1. The first-order valence-electron chi connectivity index (χ1n) is 9.43. The van der Waals surface area contributed by atoms with Crippen LogP contribution in [-0.2, 0) is 9.59 Å². The zero-order valence-electron chi connectivity index (χ0n) is 16.5. The number of carbonyl (C=O) groups excluding carboxylic acids is 3. The van der Waals surface area contributed by atoms with E-state index in [1.165, 1.54) is 6.07 Å². The smallest absolute Gasteiger partial charge is 0.271 e. The summed E-state index contributed by atoms with van der Waals surface area (Å²) < 4.78 is 13.7. The maximum atomic E-state index is 13.3. The second-order valence-electron chi connectivity index (χ2n) is 7.52. The Bertz CT molecular complexity index is 983. The summed E-state index contributed by atoms with van der Waals surface area (Å²) in [6.07, 6.45) is 0.526. The largest absolute Gasteiger partial charge is 0.351 e. The standard InChI is InChI=1S/C22H22BrFN2O3/c1-11-8-12(2)18(13(3)9-11)19-16(27)10-14(21(19)28)6-7-25-22(29)20-15(23)4-5-17(24)26-20/h4-5,8-9,14,19H,6-7,10H2,1-3H3,(H,25,29). The molecule has 7 heteroatoms. The van der Waals surface area contributed by atoms with Crippen molar-refractivity contribution in [2.24, 2.45) is 5.92 Å². The number of hydrogen-bond acceptors (Lipinski definition) is 4. The third-order valence-corrected chi connectivity index (χ3v) is 5.93. The van der Waals surface area contributed by atoms with Gasteiger partial charge in [-0.2, -0.15) is 4.39 Å². The maximum Gasteiger partial charge on any atom is 0.271 e. The number of benzene rings is 1. The van der Waals surface area contributed by atoms with Crippen molar-refractivity contribution in [2.75, 3.05) is 6.54 Å². The first kappa shape index (κ1) is 21.3. The predicted molar refractivity (Wildman–Crippen MR) is 110 cm³/mol. The van der Waals surface area contributed by atoms with Crippen LogP contribution in [0.15, 0.2) is 28.7 Å². The van der Waals surface area contributed by atoms with Gasteiger partial charge in [0, 0.05) is 23.4 Å². The monoisotopic (exact) mass is 460 g/mol. The van der Waals surface area contributed by atoms with Crippen LogP contribution >= 0.6 is 15.9 Å². The van der Waals surface area contributed by atoms with E-state index in [2.05, 4.69) is 26.2 Å². The van der Waals surface area contributed by atoms with Crippen molar-refractivity contribution in [1.82, 2.24) is 10.3 Å². The summed E-state index contributed by atoms with van der Waals surface area (Å²) in [6.45, 7) is 6.03. The van der Waals surface area contributed by atoms with E-state index in [9.17, 15) is 18.8 Å². The molecule has 152 valence electrons. The molecule has 0 saturated heterocycles. The molecule has 0 radical (unpaired) electrons. The maximum absolute atomic E-state index is 13.3. The van der Waals surface area contributed by atoms with E-state index in [4.69, 9.17) is 0 Å². The van der Waals surface area contributed by atoms with Gasteiger partial charge in [-0.1, -0.05) is 17.7 Å². The zero-order chi connectivity index (χ0) is 21.3. The highest BCUT2D eigenvalue weighted by molar-refractivity contribution is 9.10. The fourth-order valence-electron chi connectivity index (χ4n) is 4.07. The van der Waals surface area contributed by atoms with Crippen LogP contribution in [0.3, 0.4) is 0 Å². The van der Waals surface area contributed by atoms with Gasteiger partial charge in [0.05, 0.1) is 0 Å². The summed E-state index contributed by atoms with van der Waals surface area (Å²) in [5.74, 6) is -2.61. The molecule has 1 aromatic carbocycles. The topological polar surface area (TPSA) is 76.1 Å². The highest BCUT2D eigenvalue weighted by atomic mass is 79.9. The summed E-state index contributed by atoms with van der Waals surface area (Å²) in [4.78, 5) is 41.4. The van der Waals surface area contributed by atoms with E-state index < -0.39 is 23.7 Å². The lowest BCUT2D eigenvalue weighted by molar-refractivity contribution is -0.124. The minimum absolute atomic E-state index is 0.0531. The van der Waals surface area contributed by atoms with Crippen LogP contribution in [0.4, 0.5) is 4.39 Å². The Labute approximate surface area is 177 Å². The molecule has 1 aliphatic rings. The van der Waals surface area contributed by atoms with Crippen molar-refractivity contribution in [3.8, 4) is 0 Å². The summed E-state index contributed by atoms with van der Waals surface area (Å²) >= 11 is 3.17. The van der Waals surface area contributed by atoms with E-state index in [1.807, 2.05) is 32.9 Å². The van der Waals surface area contributed by atoms with Crippen molar-refractivity contribution < 1.29 is 18.8 Å². The fraction of sp³-hybridized carbons (Fsp3) is 0.364. The Morgan fingerprint density at radius 3 is 2.52 bits per heavy atom. The molecule has 2 unspecified atom stereocenters. The van der Waals surface area contributed by atoms with Gasteiger partial charge in [0.15, 0.2) is 5.78 Å². The van der Waals surface area contributed by atoms with Gasteiger partial charge in [-0.05, 0) is 71.9 Å². The molecule has 1 amide bonds. The molecule has 1 heterocycles. The lowest BCUT2D eigenvalue weighted by Gasteiger charge is -2.16. The van der Waals surface area contributed by atoms with Gasteiger partial charge in [-0.25, -0.2) is 4.98 Å². The summed E-state index contributed by atoms with van der Waals surface area (Å²) in [5, 5.41) is 2.65.